The Hall–Kier alpha value is -3.18. The van der Waals surface area contributed by atoms with E-state index in [4.69, 9.17) is 9.47 Å². The van der Waals surface area contributed by atoms with Crippen LogP contribution in [0.5, 0.6) is 11.5 Å². The molecule has 0 spiro atoms. The normalized spacial score (nSPS) is 13.9. The van der Waals surface area contributed by atoms with E-state index in [1.165, 1.54) is 16.4 Å². The third-order valence-corrected chi connectivity index (χ3v) is 6.89. The average molecular weight is 449 g/mol. The monoisotopic (exact) mass is 448 g/mol. The van der Waals surface area contributed by atoms with Crippen LogP contribution < -0.4 is 14.9 Å². The Balaban J connectivity index is 1.96. The van der Waals surface area contributed by atoms with Crippen LogP contribution in [0.4, 0.5) is 11.4 Å². The zero-order valence-electron chi connectivity index (χ0n) is 17.5. The second-order valence-electron chi connectivity index (χ2n) is 6.69. The minimum absolute atomic E-state index is 0.148. The predicted molar refractivity (Wildman–Crippen MR) is 116 cm³/mol. The Morgan fingerprint density at radius 2 is 1.81 bits per heavy atom. The van der Waals surface area contributed by atoms with Gasteiger partial charge in [0.15, 0.2) is 11.5 Å². The molecule has 2 aromatic carbocycles. The summed E-state index contributed by atoms with van der Waals surface area (Å²) in [6.45, 7) is 6.58. The van der Waals surface area contributed by atoms with Crippen LogP contribution in [0.1, 0.15) is 26.3 Å². The van der Waals surface area contributed by atoms with Gasteiger partial charge in [-0.2, -0.15) is 9.41 Å². The van der Waals surface area contributed by atoms with Gasteiger partial charge in [-0.15, -0.1) is 0 Å². The maximum atomic E-state index is 13.0. The lowest BCUT2D eigenvalue weighted by Crippen LogP contribution is -2.31. The van der Waals surface area contributed by atoms with E-state index in [2.05, 4.69) is 10.5 Å². The Morgan fingerprint density at radius 1 is 1.13 bits per heavy atom. The van der Waals surface area contributed by atoms with Crippen LogP contribution in [0.3, 0.4) is 0 Å². The lowest BCUT2D eigenvalue weighted by Gasteiger charge is -2.20. The first-order valence-corrected chi connectivity index (χ1v) is 11.2. The van der Waals surface area contributed by atoms with Crippen molar-refractivity contribution in [2.24, 2.45) is 5.10 Å². The van der Waals surface area contributed by atoms with Crippen molar-refractivity contribution < 1.29 is 22.8 Å². The summed E-state index contributed by atoms with van der Waals surface area (Å²) in [6, 6.07) is 9.01. The van der Waals surface area contributed by atoms with Gasteiger partial charge >= 0.3 is 0 Å². The first kappa shape index (κ1) is 22.5. The van der Waals surface area contributed by atoms with Crippen molar-refractivity contribution in [1.82, 2.24) is 4.31 Å². The van der Waals surface area contributed by atoms with Crippen LogP contribution in [0.25, 0.3) is 0 Å². The minimum Gasteiger partial charge on any atom is -0.486 e. The molecule has 0 fully saturated rings. The number of hydrogen-bond acceptors (Lipinski definition) is 8. The highest BCUT2D eigenvalue weighted by Gasteiger charge is 2.27. The first-order valence-electron chi connectivity index (χ1n) is 9.76. The summed E-state index contributed by atoms with van der Waals surface area (Å²) < 4.78 is 38.4. The summed E-state index contributed by atoms with van der Waals surface area (Å²) in [6.07, 6.45) is 0. The van der Waals surface area contributed by atoms with Crippen molar-refractivity contribution in [2.75, 3.05) is 31.7 Å². The summed E-state index contributed by atoms with van der Waals surface area (Å²) in [4.78, 5) is 10.4. The largest absolute Gasteiger partial charge is 0.486 e. The quantitative estimate of drug-likeness (QED) is 0.373. The van der Waals surface area contributed by atoms with E-state index in [1.807, 2.05) is 6.07 Å². The van der Waals surface area contributed by atoms with Crippen LogP contribution >= 0.6 is 0 Å². The van der Waals surface area contributed by atoms with E-state index in [0.717, 1.165) is 11.6 Å². The number of fused-ring (bicyclic) bond motifs is 1. The zero-order valence-corrected chi connectivity index (χ0v) is 18.3. The molecule has 166 valence electrons. The van der Waals surface area contributed by atoms with E-state index < -0.39 is 14.9 Å². The molecule has 1 N–H and O–H groups in total. The Bertz CT molecular complexity index is 1110. The molecular weight excluding hydrogens is 424 g/mol. The average Bonchev–Trinajstić information content (AvgIpc) is 2.77. The fourth-order valence-corrected chi connectivity index (χ4v) is 4.73. The molecule has 0 saturated carbocycles. The number of anilines is 1. The van der Waals surface area contributed by atoms with Crippen molar-refractivity contribution in [3.8, 4) is 11.5 Å². The molecule has 2 aromatic rings. The molecule has 10 nitrogen and oxygen atoms in total. The fraction of sp³-hybridized carbons (Fsp3) is 0.350. The summed E-state index contributed by atoms with van der Waals surface area (Å²) in [5.41, 5.74) is 3.91. The summed E-state index contributed by atoms with van der Waals surface area (Å²) in [5.74, 6) is 1.26. The standard InChI is InChI=1S/C20H24N4O6S/c1-4-23(5-2)31(27,28)20-13-16(24(25)26)7-8-17(20)22-21-14(3)15-6-9-18-19(12-15)30-11-10-29-18/h6-9,12-13,22H,4-5,10-11H2,1-3H3/b21-14+. The van der Waals surface area contributed by atoms with Crippen LogP contribution in [0, 0.1) is 10.1 Å². The Labute approximate surface area is 180 Å². The molecule has 11 heteroatoms. The van der Waals surface area contributed by atoms with E-state index in [9.17, 15) is 18.5 Å². The number of ether oxygens (including phenoxy) is 2. The summed E-state index contributed by atoms with van der Waals surface area (Å²) in [5, 5.41) is 15.5. The van der Waals surface area contributed by atoms with Crippen LogP contribution in [-0.4, -0.2) is 49.7 Å². The third-order valence-electron chi connectivity index (χ3n) is 4.80. The highest BCUT2D eigenvalue weighted by molar-refractivity contribution is 7.89. The molecule has 1 aliphatic rings. The zero-order chi connectivity index (χ0) is 22.6. The molecule has 0 aliphatic carbocycles. The topological polar surface area (TPSA) is 123 Å². The maximum absolute atomic E-state index is 13.0. The first-order chi connectivity index (χ1) is 14.8. The Morgan fingerprint density at radius 3 is 2.45 bits per heavy atom. The number of nitrogens with zero attached hydrogens (tertiary/aromatic N) is 3. The van der Waals surface area contributed by atoms with E-state index in [0.29, 0.717) is 30.4 Å². The SMILES string of the molecule is CCN(CC)S(=O)(=O)c1cc([N+](=O)[O-])ccc1N/N=C(\C)c1ccc2c(c1)OCCO2. The number of benzene rings is 2. The van der Waals surface area contributed by atoms with Gasteiger partial charge in [-0.05, 0) is 31.2 Å². The number of nitro groups is 1. The van der Waals surface area contributed by atoms with Crippen LogP contribution in [-0.2, 0) is 10.0 Å². The van der Waals surface area contributed by atoms with Crippen LogP contribution in [0.15, 0.2) is 46.4 Å². The van der Waals surface area contributed by atoms with E-state index in [1.54, 1.807) is 32.9 Å². The predicted octanol–water partition coefficient (Wildman–Crippen LogP) is 3.23. The molecule has 3 rings (SSSR count). The second kappa shape index (κ2) is 9.31. The van der Waals surface area contributed by atoms with Gasteiger partial charge in [-0.25, -0.2) is 8.42 Å². The number of rotatable bonds is 8. The number of non-ortho nitro benzene ring substituents is 1. The molecule has 0 saturated heterocycles. The smallest absolute Gasteiger partial charge is 0.270 e. The van der Waals surface area contributed by atoms with Gasteiger partial charge in [-0.1, -0.05) is 13.8 Å². The second-order valence-corrected chi connectivity index (χ2v) is 8.60. The van der Waals surface area contributed by atoms with Crippen molar-refractivity contribution >= 4 is 27.1 Å². The van der Waals surface area contributed by atoms with Gasteiger partial charge in [-0.3, -0.25) is 15.5 Å². The lowest BCUT2D eigenvalue weighted by molar-refractivity contribution is -0.385. The summed E-state index contributed by atoms with van der Waals surface area (Å²) >= 11 is 0. The van der Waals surface area contributed by atoms with Crippen molar-refractivity contribution in [3.05, 3.63) is 52.1 Å². The molecule has 0 radical (unpaired) electrons. The fourth-order valence-electron chi connectivity index (χ4n) is 3.11. The van der Waals surface area contributed by atoms with Crippen molar-refractivity contribution in [3.63, 3.8) is 0 Å². The van der Waals surface area contributed by atoms with Crippen molar-refractivity contribution in [2.45, 2.75) is 25.7 Å². The number of nitrogens with one attached hydrogen (secondary N) is 1. The van der Waals surface area contributed by atoms with Gasteiger partial charge in [0.25, 0.3) is 5.69 Å². The lowest BCUT2D eigenvalue weighted by atomic mass is 10.1. The molecule has 0 aromatic heterocycles. The van der Waals surface area contributed by atoms with Gasteiger partial charge in [0, 0.05) is 30.8 Å². The molecule has 1 aliphatic heterocycles. The van der Waals surface area contributed by atoms with Gasteiger partial charge in [0.05, 0.1) is 16.3 Å². The highest BCUT2D eigenvalue weighted by Crippen LogP contribution is 2.32. The van der Waals surface area contributed by atoms with Crippen molar-refractivity contribution in [1.29, 1.82) is 0 Å². The number of hydrogen-bond donors (Lipinski definition) is 1. The van der Waals surface area contributed by atoms with E-state index >= 15 is 0 Å². The number of sulfonamides is 1. The van der Waals surface area contributed by atoms with Crippen LogP contribution in [0.2, 0.25) is 0 Å². The molecule has 0 amide bonds. The summed E-state index contributed by atoms with van der Waals surface area (Å²) in [7, 11) is -3.95. The maximum Gasteiger partial charge on any atom is 0.270 e. The number of nitro benzene ring substituents is 1. The Kier molecular flexibility index (Phi) is 6.76. The van der Waals surface area contributed by atoms with Gasteiger partial charge < -0.3 is 9.47 Å². The molecular formula is C20H24N4O6S. The van der Waals surface area contributed by atoms with Gasteiger partial charge in [0.2, 0.25) is 10.0 Å². The minimum atomic E-state index is -3.95. The van der Waals surface area contributed by atoms with E-state index in [-0.39, 0.29) is 29.4 Å². The number of hydrazone groups is 1. The molecule has 0 unspecified atom stereocenters. The molecule has 0 atom stereocenters. The highest BCUT2D eigenvalue weighted by atomic mass is 32.2. The van der Waals surface area contributed by atoms with Gasteiger partial charge in [0.1, 0.15) is 18.1 Å². The molecule has 1 heterocycles. The third kappa shape index (κ3) is 4.78. The molecule has 31 heavy (non-hydrogen) atoms. The molecule has 0 bridgehead atoms.